The average Bonchev–Trinajstić information content (AvgIpc) is 2.25. The van der Waals surface area contributed by atoms with Gasteiger partial charge >= 0.3 is 0 Å². The van der Waals surface area contributed by atoms with Gasteiger partial charge in [-0.15, -0.1) is 0 Å². The second-order valence-corrected chi connectivity index (χ2v) is 5.89. The predicted molar refractivity (Wildman–Crippen MR) is 77.3 cm³/mol. The minimum Gasteiger partial charge on any atom is -0.378 e. The molecule has 18 heavy (non-hydrogen) atoms. The van der Waals surface area contributed by atoms with E-state index in [0.29, 0.717) is 0 Å². The molecule has 0 radical (unpaired) electrons. The molecular formula is C16H25NO. The number of likely N-dealkylation sites (N-methyl/N-ethyl adjacent to an activating group) is 1. The zero-order valence-corrected chi connectivity index (χ0v) is 12.3. The van der Waals surface area contributed by atoms with Gasteiger partial charge in [0.2, 0.25) is 0 Å². The zero-order chi connectivity index (χ0) is 13.8. The van der Waals surface area contributed by atoms with Crippen LogP contribution in [0, 0.1) is 5.41 Å². The molecule has 0 aromatic rings. The van der Waals surface area contributed by atoms with Gasteiger partial charge in [-0.25, -0.2) is 0 Å². The fourth-order valence-corrected chi connectivity index (χ4v) is 2.60. The van der Waals surface area contributed by atoms with Gasteiger partial charge in [-0.1, -0.05) is 25.5 Å². The van der Waals surface area contributed by atoms with Gasteiger partial charge in [0, 0.05) is 25.9 Å². The summed E-state index contributed by atoms with van der Waals surface area (Å²) < 4.78 is 0. The van der Waals surface area contributed by atoms with Crippen LogP contribution in [0.5, 0.6) is 0 Å². The Morgan fingerprint density at radius 2 is 2.00 bits per heavy atom. The highest BCUT2D eigenvalue weighted by molar-refractivity contribution is 5.67. The highest BCUT2D eigenvalue weighted by Gasteiger charge is 2.26. The maximum absolute atomic E-state index is 10.6. The van der Waals surface area contributed by atoms with E-state index >= 15 is 0 Å². The monoisotopic (exact) mass is 247 g/mol. The molecule has 0 aromatic heterocycles. The van der Waals surface area contributed by atoms with Crippen molar-refractivity contribution < 1.29 is 4.79 Å². The van der Waals surface area contributed by atoms with Gasteiger partial charge in [0.25, 0.3) is 0 Å². The number of allylic oxidation sites excluding steroid dienone is 5. The van der Waals surface area contributed by atoms with Crippen LogP contribution in [0.1, 0.15) is 40.0 Å². The van der Waals surface area contributed by atoms with Crippen LogP contribution in [0.4, 0.5) is 0 Å². The lowest BCUT2D eigenvalue weighted by Crippen LogP contribution is -2.19. The van der Waals surface area contributed by atoms with E-state index in [1.54, 1.807) is 6.08 Å². The number of nitrogens with zero attached hydrogens (tertiary/aromatic N) is 1. The Morgan fingerprint density at radius 3 is 2.50 bits per heavy atom. The van der Waals surface area contributed by atoms with Crippen LogP contribution in [0.25, 0.3) is 0 Å². The number of rotatable bonds is 4. The summed E-state index contributed by atoms with van der Waals surface area (Å²) in [5, 5.41) is 0. The lowest BCUT2D eigenvalue weighted by Gasteiger charge is -2.33. The molecule has 0 aromatic carbocycles. The molecular weight excluding hydrogens is 222 g/mol. The fourth-order valence-electron chi connectivity index (χ4n) is 2.60. The molecule has 100 valence electrons. The molecule has 2 nitrogen and oxygen atoms in total. The predicted octanol–water partition coefficient (Wildman–Crippen LogP) is 3.71. The largest absolute Gasteiger partial charge is 0.378 e. The SMILES string of the molecule is CC1=C(/C=C/C(=C/C=O)N(C)C)C(C)(C)CCC1. The van der Waals surface area contributed by atoms with Gasteiger partial charge in [0.1, 0.15) is 6.29 Å². The Kier molecular flexibility index (Phi) is 4.94. The minimum atomic E-state index is 0.247. The Morgan fingerprint density at radius 1 is 1.33 bits per heavy atom. The van der Waals surface area contributed by atoms with E-state index in [1.807, 2.05) is 25.1 Å². The van der Waals surface area contributed by atoms with Crippen molar-refractivity contribution in [2.45, 2.75) is 40.0 Å². The lowest BCUT2D eigenvalue weighted by atomic mass is 9.72. The molecule has 0 saturated heterocycles. The highest BCUT2D eigenvalue weighted by Crippen LogP contribution is 2.40. The summed E-state index contributed by atoms with van der Waals surface area (Å²) in [6.07, 6.45) is 10.4. The molecule has 0 heterocycles. The van der Waals surface area contributed by atoms with Crippen LogP contribution in [0.15, 0.2) is 35.1 Å². The topological polar surface area (TPSA) is 20.3 Å². The van der Waals surface area contributed by atoms with Gasteiger partial charge in [-0.05, 0) is 43.3 Å². The van der Waals surface area contributed by atoms with E-state index in [2.05, 4.69) is 26.8 Å². The van der Waals surface area contributed by atoms with Crippen LogP contribution in [0.2, 0.25) is 0 Å². The molecule has 1 aliphatic rings. The zero-order valence-electron chi connectivity index (χ0n) is 12.3. The van der Waals surface area contributed by atoms with Crippen LogP contribution in [0.3, 0.4) is 0 Å². The van der Waals surface area contributed by atoms with E-state index in [-0.39, 0.29) is 5.41 Å². The first kappa shape index (κ1) is 14.7. The normalized spacial score (nSPS) is 20.4. The Bertz CT molecular complexity index is 397. The molecule has 1 aliphatic carbocycles. The molecule has 0 spiro atoms. The van der Waals surface area contributed by atoms with E-state index in [4.69, 9.17) is 0 Å². The summed E-state index contributed by atoms with van der Waals surface area (Å²) in [6.45, 7) is 6.82. The van der Waals surface area contributed by atoms with Crippen LogP contribution in [-0.2, 0) is 4.79 Å². The van der Waals surface area contributed by atoms with E-state index < -0.39 is 0 Å². The third kappa shape index (κ3) is 3.59. The molecule has 0 fully saturated rings. The summed E-state index contributed by atoms with van der Waals surface area (Å²) in [6, 6.07) is 0. The van der Waals surface area contributed by atoms with Crippen molar-refractivity contribution in [2.75, 3.05) is 14.1 Å². The number of carbonyl (C=O) groups excluding carboxylic acids is 1. The van der Waals surface area contributed by atoms with Gasteiger partial charge in [-0.3, -0.25) is 4.79 Å². The molecule has 0 amide bonds. The Labute approximate surface area is 111 Å². The maximum Gasteiger partial charge on any atom is 0.144 e. The molecule has 0 N–H and O–H groups in total. The maximum atomic E-state index is 10.6. The Hall–Kier alpha value is -1.31. The molecule has 0 unspecified atom stereocenters. The first-order valence-electron chi connectivity index (χ1n) is 6.59. The van der Waals surface area contributed by atoms with Gasteiger partial charge in [0.05, 0.1) is 0 Å². The third-order valence-electron chi connectivity index (χ3n) is 3.72. The number of hydrogen-bond acceptors (Lipinski definition) is 2. The van der Waals surface area contributed by atoms with Crippen molar-refractivity contribution in [1.82, 2.24) is 4.90 Å². The Balaban J connectivity index is 3.01. The lowest BCUT2D eigenvalue weighted by molar-refractivity contribution is -0.104. The third-order valence-corrected chi connectivity index (χ3v) is 3.72. The van der Waals surface area contributed by atoms with Crippen molar-refractivity contribution in [1.29, 1.82) is 0 Å². The standard InChI is InChI=1S/C16H25NO/c1-13-7-6-11-16(2,3)15(13)9-8-14(10-12-18)17(4)5/h8-10,12H,6-7,11H2,1-5H3/b9-8+,14-10-. The first-order valence-corrected chi connectivity index (χ1v) is 6.59. The van der Waals surface area contributed by atoms with Crippen molar-refractivity contribution in [3.8, 4) is 0 Å². The van der Waals surface area contributed by atoms with Gasteiger partial charge < -0.3 is 4.90 Å². The second-order valence-electron chi connectivity index (χ2n) is 5.89. The van der Waals surface area contributed by atoms with Gasteiger partial charge in [-0.2, -0.15) is 0 Å². The minimum absolute atomic E-state index is 0.247. The van der Waals surface area contributed by atoms with E-state index in [9.17, 15) is 4.79 Å². The summed E-state index contributed by atoms with van der Waals surface area (Å²) in [5.41, 5.74) is 4.09. The van der Waals surface area contributed by atoms with Crippen molar-refractivity contribution >= 4 is 6.29 Å². The molecule has 0 bridgehead atoms. The molecule has 1 rings (SSSR count). The first-order chi connectivity index (χ1) is 8.38. The molecule has 0 aliphatic heterocycles. The van der Waals surface area contributed by atoms with Crippen molar-refractivity contribution in [3.63, 3.8) is 0 Å². The quantitative estimate of drug-likeness (QED) is 0.429. The fraction of sp³-hybridized carbons (Fsp3) is 0.562. The number of aldehydes is 1. The van der Waals surface area contributed by atoms with Crippen LogP contribution >= 0.6 is 0 Å². The van der Waals surface area contributed by atoms with Crippen molar-refractivity contribution in [3.05, 3.63) is 35.1 Å². The summed E-state index contributed by atoms with van der Waals surface area (Å²) in [4.78, 5) is 12.6. The van der Waals surface area contributed by atoms with Gasteiger partial charge in [0.15, 0.2) is 0 Å². The summed E-state index contributed by atoms with van der Waals surface area (Å²) in [5.74, 6) is 0. The molecule has 0 saturated carbocycles. The van der Waals surface area contributed by atoms with E-state index in [1.165, 1.54) is 30.4 Å². The summed E-state index contributed by atoms with van der Waals surface area (Å²) in [7, 11) is 3.90. The molecule has 2 heteroatoms. The number of hydrogen-bond donors (Lipinski definition) is 0. The van der Waals surface area contributed by atoms with Crippen molar-refractivity contribution in [2.24, 2.45) is 5.41 Å². The van der Waals surface area contributed by atoms with E-state index in [0.717, 1.165) is 12.0 Å². The smallest absolute Gasteiger partial charge is 0.144 e. The van der Waals surface area contributed by atoms with Crippen LogP contribution < -0.4 is 0 Å². The second kappa shape index (κ2) is 6.03. The average molecular weight is 247 g/mol. The number of carbonyl (C=O) groups is 1. The molecule has 0 atom stereocenters. The summed E-state index contributed by atoms with van der Waals surface area (Å²) >= 11 is 0. The highest BCUT2D eigenvalue weighted by atomic mass is 16.1. The van der Waals surface area contributed by atoms with Crippen LogP contribution in [-0.4, -0.2) is 25.3 Å².